The summed E-state index contributed by atoms with van der Waals surface area (Å²) in [6.07, 6.45) is 0.555. The lowest BCUT2D eigenvalue weighted by atomic mass is 10.0. The molecule has 1 heterocycles. The zero-order chi connectivity index (χ0) is 13.8. The number of carbonyl (C=O) groups excluding carboxylic acids is 1. The number of amides is 1. The predicted octanol–water partition coefficient (Wildman–Crippen LogP) is 1.27. The number of benzene rings is 1. The Morgan fingerprint density at radius 2 is 2.11 bits per heavy atom. The number of carboxylic acid groups (broad SMARTS) is 1. The van der Waals surface area contributed by atoms with E-state index in [2.05, 4.69) is 10.6 Å². The summed E-state index contributed by atoms with van der Waals surface area (Å²) in [4.78, 5) is 22.8. The van der Waals surface area contributed by atoms with Crippen LogP contribution in [0.2, 0.25) is 0 Å². The van der Waals surface area contributed by atoms with Crippen molar-refractivity contribution in [2.75, 3.05) is 0 Å². The van der Waals surface area contributed by atoms with Crippen molar-refractivity contribution >= 4 is 11.9 Å². The largest absolute Gasteiger partial charge is 0.481 e. The number of fused-ring (bicyclic) bond motifs is 1. The maximum absolute atomic E-state index is 12.1. The standard InChI is InChI=1S/C14H18N2O3/c1-2-12(6-13(17)18)16-14(19)9-3-4-10-7-15-8-11(10)5-9/h3-5,12,15H,2,6-8H2,1H3,(H,16,19)(H,17,18). The molecule has 1 aliphatic rings. The quantitative estimate of drug-likeness (QED) is 0.746. The van der Waals surface area contributed by atoms with Gasteiger partial charge in [0, 0.05) is 24.7 Å². The molecule has 1 aromatic carbocycles. The average molecular weight is 262 g/mol. The maximum atomic E-state index is 12.1. The van der Waals surface area contributed by atoms with Crippen molar-refractivity contribution in [3.8, 4) is 0 Å². The van der Waals surface area contributed by atoms with Crippen LogP contribution >= 0.6 is 0 Å². The lowest BCUT2D eigenvalue weighted by Crippen LogP contribution is -2.36. The molecule has 2 rings (SSSR count). The van der Waals surface area contributed by atoms with Crippen LogP contribution in [0.4, 0.5) is 0 Å². The fourth-order valence-electron chi connectivity index (χ4n) is 2.21. The molecule has 0 saturated heterocycles. The summed E-state index contributed by atoms with van der Waals surface area (Å²) < 4.78 is 0. The first-order valence-electron chi connectivity index (χ1n) is 6.45. The lowest BCUT2D eigenvalue weighted by molar-refractivity contribution is -0.137. The zero-order valence-electron chi connectivity index (χ0n) is 10.9. The Kier molecular flexibility index (Phi) is 4.16. The van der Waals surface area contributed by atoms with Crippen molar-refractivity contribution in [3.05, 3.63) is 34.9 Å². The van der Waals surface area contributed by atoms with E-state index in [4.69, 9.17) is 5.11 Å². The van der Waals surface area contributed by atoms with E-state index in [1.165, 1.54) is 5.56 Å². The number of carboxylic acids is 1. The van der Waals surface area contributed by atoms with E-state index in [0.29, 0.717) is 12.0 Å². The molecule has 1 atom stereocenters. The van der Waals surface area contributed by atoms with Gasteiger partial charge >= 0.3 is 5.97 Å². The summed E-state index contributed by atoms with van der Waals surface area (Å²) in [6.45, 7) is 3.48. The lowest BCUT2D eigenvalue weighted by Gasteiger charge is -2.15. The summed E-state index contributed by atoms with van der Waals surface area (Å²) in [5, 5.41) is 14.8. The first-order chi connectivity index (χ1) is 9.10. The minimum absolute atomic E-state index is 0.0469. The van der Waals surface area contributed by atoms with E-state index >= 15 is 0 Å². The van der Waals surface area contributed by atoms with Crippen LogP contribution in [0.5, 0.6) is 0 Å². The van der Waals surface area contributed by atoms with Gasteiger partial charge in [0.2, 0.25) is 0 Å². The van der Waals surface area contributed by atoms with Gasteiger partial charge in [-0.15, -0.1) is 0 Å². The third kappa shape index (κ3) is 3.32. The van der Waals surface area contributed by atoms with Crippen molar-refractivity contribution < 1.29 is 14.7 Å². The minimum Gasteiger partial charge on any atom is -0.481 e. The molecule has 0 aliphatic carbocycles. The second kappa shape index (κ2) is 5.84. The second-order valence-corrected chi connectivity index (χ2v) is 4.76. The van der Waals surface area contributed by atoms with Crippen molar-refractivity contribution in [3.63, 3.8) is 0 Å². The summed E-state index contributed by atoms with van der Waals surface area (Å²) in [5.41, 5.74) is 2.94. The highest BCUT2D eigenvalue weighted by molar-refractivity contribution is 5.95. The van der Waals surface area contributed by atoms with Crippen LogP contribution < -0.4 is 10.6 Å². The third-order valence-electron chi connectivity index (χ3n) is 3.35. The second-order valence-electron chi connectivity index (χ2n) is 4.76. The van der Waals surface area contributed by atoms with E-state index < -0.39 is 5.97 Å². The van der Waals surface area contributed by atoms with Gasteiger partial charge in [-0.3, -0.25) is 9.59 Å². The molecule has 102 valence electrons. The van der Waals surface area contributed by atoms with Gasteiger partial charge in [0.15, 0.2) is 0 Å². The van der Waals surface area contributed by atoms with Crippen LogP contribution in [-0.2, 0) is 17.9 Å². The summed E-state index contributed by atoms with van der Waals surface area (Å²) >= 11 is 0. The predicted molar refractivity (Wildman–Crippen MR) is 70.8 cm³/mol. The first-order valence-corrected chi connectivity index (χ1v) is 6.45. The monoisotopic (exact) mass is 262 g/mol. The van der Waals surface area contributed by atoms with Crippen LogP contribution in [0.1, 0.15) is 41.3 Å². The Bertz CT molecular complexity index is 499. The molecule has 0 fully saturated rings. The van der Waals surface area contributed by atoms with Gasteiger partial charge in [-0.25, -0.2) is 0 Å². The molecular formula is C14H18N2O3. The van der Waals surface area contributed by atoms with Crippen LogP contribution in [0, 0.1) is 0 Å². The maximum Gasteiger partial charge on any atom is 0.305 e. The smallest absolute Gasteiger partial charge is 0.305 e. The molecule has 1 unspecified atom stereocenters. The van der Waals surface area contributed by atoms with Crippen molar-refractivity contribution in [1.82, 2.24) is 10.6 Å². The Hall–Kier alpha value is -1.88. The highest BCUT2D eigenvalue weighted by Gasteiger charge is 2.17. The van der Waals surface area contributed by atoms with Crippen molar-refractivity contribution in [2.24, 2.45) is 0 Å². The van der Waals surface area contributed by atoms with Gasteiger partial charge in [-0.1, -0.05) is 13.0 Å². The highest BCUT2D eigenvalue weighted by atomic mass is 16.4. The van der Waals surface area contributed by atoms with Gasteiger partial charge in [-0.05, 0) is 29.7 Å². The zero-order valence-corrected chi connectivity index (χ0v) is 10.9. The van der Waals surface area contributed by atoms with Crippen LogP contribution in [0.25, 0.3) is 0 Å². The minimum atomic E-state index is -0.898. The summed E-state index contributed by atoms with van der Waals surface area (Å²) in [5.74, 6) is -1.10. The number of hydrogen-bond donors (Lipinski definition) is 3. The summed E-state index contributed by atoms with van der Waals surface area (Å²) in [7, 11) is 0. The van der Waals surface area contributed by atoms with Gasteiger partial charge in [0.05, 0.1) is 6.42 Å². The van der Waals surface area contributed by atoms with Gasteiger partial charge in [0.25, 0.3) is 5.91 Å². The van der Waals surface area contributed by atoms with Gasteiger partial charge < -0.3 is 15.7 Å². The van der Waals surface area contributed by atoms with Crippen LogP contribution in [0.15, 0.2) is 18.2 Å². The van der Waals surface area contributed by atoms with Crippen molar-refractivity contribution in [2.45, 2.75) is 38.9 Å². The molecule has 19 heavy (non-hydrogen) atoms. The number of hydrogen-bond acceptors (Lipinski definition) is 3. The molecule has 1 aliphatic heterocycles. The Labute approximate surface area is 112 Å². The molecule has 5 nitrogen and oxygen atoms in total. The first kappa shape index (κ1) is 13.5. The molecule has 0 radical (unpaired) electrons. The molecule has 1 amide bonds. The molecule has 5 heteroatoms. The molecule has 0 saturated carbocycles. The molecule has 1 aromatic rings. The topological polar surface area (TPSA) is 78.4 Å². The average Bonchev–Trinajstić information content (AvgIpc) is 2.84. The Morgan fingerprint density at radius 3 is 2.79 bits per heavy atom. The summed E-state index contributed by atoms with van der Waals surface area (Å²) in [6, 6.07) is 5.28. The highest BCUT2D eigenvalue weighted by Crippen LogP contribution is 2.17. The van der Waals surface area contributed by atoms with E-state index in [1.807, 2.05) is 19.1 Å². The number of carbonyl (C=O) groups is 2. The SMILES string of the molecule is CCC(CC(=O)O)NC(=O)c1ccc2c(c1)CNC2. The number of rotatable bonds is 5. The fourth-order valence-corrected chi connectivity index (χ4v) is 2.21. The molecule has 3 N–H and O–H groups in total. The van der Waals surface area contributed by atoms with Crippen LogP contribution in [-0.4, -0.2) is 23.0 Å². The van der Waals surface area contributed by atoms with Gasteiger partial charge in [0.1, 0.15) is 0 Å². The van der Waals surface area contributed by atoms with Crippen molar-refractivity contribution in [1.29, 1.82) is 0 Å². The molecule has 0 bridgehead atoms. The van der Waals surface area contributed by atoms with E-state index in [1.54, 1.807) is 6.07 Å². The molecule has 0 aromatic heterocycles. The molecule has 0 spiro atoms. The van der Waals surface area contributed by atoms with E-state index in [0.717, 1.165) is 18.7 Å². The van der Waals surface area contributed by atoms with Gasteiger partial charge in [-0.2, -0.15) is 0 Å². The Balaban J connectivity index is 2.05. The fraction of sp³-hybridized carbons (Fsp3) is 0.429. The number of nitrogens with one attached hydrogen (secondary N) is 2. The van der Waals surface area contributed by atoms with Crippen LogP contribution in [0.3, 0.4) is 0 Å². The van der Waals surface area contributed by atoms with E-state index in [-0.39, 0.29) is 18.4 Å². The molecular weight excluding hydrogens is 244 g/mol. The Morgan fingerprint density at radius 1 is 1.37 bits per heavy atom. The normalized spacial score (nSPS) is 14.8. The number of aliphatic carboxylic acids is 1. The third-order valence-corrected chi connectivity index (χ3v) is 3.35. The van der Waals surface area contributed by atoms with E-state index in [9.17, 15) is 9.59 Å².